The van der Waals surface area contributed by atoms with Gasteiger partial charge in [-0.3, -0.25) is 4.79 Å². The second-order valence-corrected chi connectivity index (χ2v) is 3.64. The molecule has 0 aromatic rings. The Bertz CT molecular complexity index is 152. The fourth-order valence-corrected chi connectivity index (χ4v) is 1.18. The van der Waals surface area contributed by atoms with E-state index in [0.29, 0.717) is 6.61 Å². The van der Waals surface area contributed by atoms with Crippen molar-refractivity contribution in [3.63, 3.8) is 0 Å². The minimum absolute atomic E-state index is 0.102. The largest absolute Gasteiger partial charge is 0.466 e. The lowest BCUT2D eigenvalue weighted by Gasteiger charge is -2.24. The minimum atomic E-state index is -0.214. The van der Waals surface area contributed by atoms with Crippen molar-refractivity contribution in [2.45, 2.75) is 46.1 Å². The van der Waals surface area contributed by atoms with Crippen molar-refractivity contribution in [3.8, 4) is 0 Å². The molecule has 3 heteroatoms. The summed E-state index contributed by atoms with van der Waals surface area (Å²) in [6.45, 7) is 8.71. The number of hydrogen-bond donors (Lipinski definition) is 0. The van der Waals surface area contributed by atoms with Crippen LogP contribution in [0.5, 0.6) is 0 Å². The molecule has 0 aromatic heterocycles. The van der Waals surface area contributed by atoms with Gasteiger partial charge in [-0.1, -0.05) is 0 Å². The molecule has 0 atom stereocenters. The first-order chi connectivity index (χ1) is 5.98. The lowest BCUT2D eigenvalue weighted by Crippen LogP contribution is -2.24. The molecular weight excluding hydrogens is 168 g/mol. The summed E-state index contributed by atoms with van der Waals surface area (Å²) in [5.41, 5.74) is -0.102. The molecule has 0 heterocycles. The third kappa shape index (κ3) is 7.78. The van der Waals surface area contributed by atoms with Crippen molar-refractivity contribution in [3.05, 3.63) is 0 Å². The van der Waals surface area contributed by atoms with Crippen LogP contribution in [0.3, 0.4) is 0 Å². The number of esters is 1. The topological polar surface area (TPSA) is 35.5 Å². The Labute approximate surface area is 80.4 Å². The third-order valence-electron chi connectivity index (χ3n) is 1.76. The van der Waals surface area contributed by atoms with Crippen molar-refractivity contribution in [1.29, 1.82) is 0 Å². The van der Waals surface area contributed by atoms with Crippen LogP contribution in [0.4, 0.5) is 0 Å². The summed E-state index contributed by atoms with van der Waals surface area (Å²) in [5.74, 6) is -0.214. The van der Waals surface area contributed by atoms with Gasteiger partial charge < -0.3 is 9.47 Å². The molecule has 0 saturated carbocycles. The first kappa shape index (κ1) is 12.4. The second kappa shape index (κ2) is 5.97. The molecule has 0 spiro atoms. The van der Waals surface area contributed by atoms with Crippen LogP contribution in [0.15, 0.2) is 0 Å². The maximum Gasteiger partial charge on any atom is 0.302 e. The van der Waals surface area contributed by atoms with Crippen LogP contribution in [0.25, 0.3) is 0 Å². The van der Waals surface area contributed by atoms with Crippen molar-refractivity contribution in [1.82, 2.24) is 0 Å². The Hall–Kier alpha value is -0.570. The van der Waals surface area contributed by atoms with Gasteiger partial charge in [-0.15, -0.1) is 0 Å². The fourth-order valence-electron chi connectivity index (χ4n) is 1.18. The van der Waals surface area contributed by atoms with Crippen LogP contribution in [-0.4, -0.2) is 24.8 Å². The second-order valence-electron chi connectivity index (χ2n) is 3.64. The molecule has 0 rings (SSSR count). The average Bonchev–Trinajstić information content (AvgIpc) is 1.98. The highest BCUT2D eigenvalue weighted by molar-refractivity contribution is 5.65. The third-order valence-corrected chi connectivity index (χ3v) is 1.76. The van der Waals surface area contributed by atoms with Crippen molar-refractivity contribution < 1.29 is 14.3 Å². The van der Waals surface area contributed by atoms with Crippen LogP contribution in [-0.2, 0) is 14.3 Å². The monoisotopic (exact) mass is 188 g/mol. The molecule has 0 N–H and O–H groups in total. The van der Waals surface area contributed by atoms with E-state index in [0.717, 1.165) is 19.4 Å². The Morgan fingerprint density at radius 3 is 2.46 bits per heavy atom. The van der Waals surface area contributed by atoms with Gasteiger partial charge in [-0.05, 0) is 33.6 Å². The standard InChI is InChI=1S/C10H20O3/c1-5-13-10(3,4)7-6-8-12-9(2)11/h5-8H2,1-4H3. The molecule has 3 nitrogen and oxygen atoms in total. The Morgan fingerprint density at radius 1 is 1.38 bits per heavy atom. The van der Waals surface area contributed by atoms with Crippen LogP contribution >= 0.6 is 0 Å². The summed E-state index contributed by atoms with van der Waals surface area (Å²) in [6.07, 6.45) is 1.76. The summed E-state index contributed by atoms with van der Waals surface area (Å²) in [5, 5.41) is 0. The highest BCUT2D eigenvalue weighted by Gasteiger charge is 2.16. The van der Waals surface area contributed by atoms with Gasteiger partial charge in [0.2, 0.25) is 0 Å². The number of hydrogen-bond acceptors (Lipinski definition) is 3. The molecule has 0 aliphatic carbocycles. The first-order valence-corrected chi connectivity index (χ1v) is 4.75. The Kier molecular flexibility index (Phi) is 5.71. The van der Waals surface area contributed by atoms with Gasteiger partial charge in [0, 0.05) is 13.5 Å². The van der Waals surface area contributed by atoms with Gasteiger partial charge >= 0.3 is 5.97 Å². The fraction of sp³-hybridized carbons (Fsp3) is 0.900. The number of ether oxygens (including phenoxy) is 2. The van der Waals surface area contributed by atoms with E-state index in [1.807, 2.05) is 20.8 Å². The SMILES string of the molecule is CCOC(C)(C)CCCOC(C)=O. The lowest BCUT2D eigenvalue weighted by atomic mass is 10.0. The molecule has 0 unspecified atom stereocenters. The highest BCUT2D eigenvalue weighted by atomic mass is 16.5. The quantitative estimate of drug-likeness (QED) is 0.473. The van der Waals surface area contributed by atoms with E-state index in [4.69, 9.17) is 9.47 Å². The molecule has 13 heavy (non-hydrogen) atoms. The molecule has 0 amide bonds. The number of rotatable bonds is 6. The van der Waals surface area contributed by atoms with Gasteiger partial charge in [0.25, 0.3) is 0 Å². The zero-order valence-corrected chi connectivity index (χ0v) is 9.05. The molecule has 78 valence electrons. The van der Waals surface area contributed by atoms with E-state index < -0.39 is 0 Å². The molecule has 0 fully saturated rings. The summed E-state index contributed by atoms with van der Waals surface area (Å²) in [7, 11) is 0. The number of carbonyl (C=O) groups is 1. The summed E-state index contributed by atoms with van der Waals surface area (Å²) in [6, 6.07) is 0. The average molecular weight is 188 g/mol. The highest BCUT2D eigenvalue weighted by Crippen LogP contribution is 2.16. The van der Waals surface area contributed by atoms with Gasteiger partial charge in [0.1, 0.15) is 0 Å². The Balaban J connectivity index is 3.45. The van der Waals surface area contributed by atoms with E-state index in [9.17, 15) is 4.79 Å². The van der Waals surface area contributed by atoms with Gasteiger partial charge in [-0.2, -0.15) is 0 Å². The van der Waals surface area contributed by atoms with E-state index in [1.54, 1.807) is 0 Å². The molecule has 0 bridgehead atoms. The van der Waals surface area contributed by atoms with E-state index in [-0.39, 0.29) is 11.6 Å². The maximum absolute atomic E-state index is 10.4. The predicted molar refractivity (Wildman–Crippen MR) is 51.6 cm³/mol. The van der Waals surface area contributed by atoms with Crippen molar-refractivity contribution >= 4 is 5.97 Å². The van der Waals surface area contributed by atoms with Gasteiger partial charge in [-0.25, -0.2) is 0 Å². The minimum Gasteiger partial charge on any atom is -0.466 e. The van der Waals surface area contributed by atoms with Crippen molar-refractivity contribution in [2.24, 2.45) is 0 Å². The van der Waals surface area contributed by atoms with Crippen LogP contribution in [0.1, 0.15) is 40.5 Å². The van der Waals surface area contributed by atoms with Gasteiger partial charge in [0.15, 0.2) is 0 Å². The van der Waals surface area contributed by atoms with Crippen LogP contribution < -0.4 is 0 Å². The Morgan fingerprint density at radius 2 is 2.00 bits per heavy atom. The molecule has 0 radical (unpaired) electrons. The molecule has 0 aliphatic rings. The smallest absolute Gasteiger partial charge is 0.302 e. The summed E-state index contributed by atoms with van der Waals surface area (Å²) < 4.78 is 10.3. The number of carbonyl (C=O) groups excluding carboxylic acids is 1. The molecule has 0 aromatic carbocycles. The maximum atomic E-state index is 10.4. The normalized spacial score (nSPS) is 11.4. The van der Waals surface area contributed by atoms with Gasteiger partial charge in [0.05, 0.1) is 12.2 Å². The first-order valence-electron chi connectivity index (χ1n) is 4.75. The summed E-state index contributed by atoms with van der Waals surface area (Å²) >= 11 is 0. The van der Waals surface area contributed by atoms with Crippen LogP contribution in [0.2, 0.25) is 0 Å². The zero-order chi connectivity index (χ0) is 10.3. The van der Waals surface area contributed by atoms with Crippen molar-refractivity contribution in [2.75, 3.05) is 13.2 Å². The molecule has 0 aliphatic heterocycles. The molecule has 0 saturated heterocycles. The van der Waals surface area contributed by atoms with E-state index in [1.165, 1.54) is 6.92 Å². The molecular formula is C10H20O3. The lowest BCUT2D eigenvalue weighted by molar-refractivity contribution is -0.141. The predicted octanol–water partition coefficient (Wildman–Crippen LogP) is 2.14. The summed E-state index contributed by atoms with van der Waals surface area (Å²) in [4.78, 5) is 10.4. The zero-order valence-electron chi connectivity index (χ0n) is 9.05. The van der Waals surface area contributed by atoms with E-state index in [2.05, 4.69) is 0 Å². The van der Waals surface area contributed by atoms with E-state index >= 15 is 0 Å². The van der Waals surface area contributed by atoms with Crippen LogP contribution in [0, 0.1) is 0 Å².